The van der Waals surface area contributed by atoms with Gasteiger partial charge < -0.3 is 0 Å². The van der Waals surface area contributed by atoms with E-state index in [9.17, 15) is 0 Å². The van der Waals surface area contributed by atoms with Crippen molar-refractivity contribution in [2.75, 3.05) is 0 Å². The predicted molar refractivity (Wildman–Crippen MR) is 88.8 cm³/mol. The average Bonchev–Trinajstić information content (AvgIpc) is 2.29. The minimum Gasteiger partial charge on any atom is -0.280 e. The van der Waals surface area contributed by atoms with Crippen LogP contribution in [0.3, 0.4) is 0 Å². The normalized spacial score (nSPS) is 10.6. The molecular formula is C14H25Br2Mg. The van der Waals surface area contributed by atoms with Gasteiger partial charge in [0.15, 0.2) is 0 Å². The maximum Gasteiger partial charge on any atom is 0.560 e. The number of rotatable bonds is 9. The van der Waals surface area contributed by atoms with Crippen LogP contribution in [0.2, 0.25) is 0 Å². The molecule has 0 N–H and O–H groups in total. The van der Waals surface area contributed by atoms with E-state index < -0.39 is 0 Å². The third-order valence-electron chi connectivity index (χ3n) is 2.56. The van der Waals surface area contributed by atoms with Crippen LogP contribution in [0.4, 0.5) is 0 Å². The average molecular weight is 377 g/mol. The standard InChI is InChI=1S/C14H25.2BrH.Mg/c1-4-6-7-8-9-10-11-13-14(3)12-5-2;;;/h12,14H,1-2,4,6-11,13H2,3H3;2*1H;/q;;;+2/p-2. The van der Waals surface area contributed by atoms with Crippen molar-refractivity contribution in [3.63, 3.8) is 0 Å². The minimum absolute atomic E-state index is 0.0417. The van der Waals surface area contributed by atoms with E-state index in [4.69, 9.17) is 0 Å². The Balaban J connectivity index is 0. The highest BCUT2D eigenvalue weighted by Crippen LogP contribution is 2.12. The lowest BCUT2D eigenvalue weighted by Crippen LogP contribution is -1.89. The molecule has 0 aromatic carbocycles. The molecule has 3 heteroatoms. The Kier molecular flexibility index (Phi) is 23.7. The Labute approximate surface area is 130 Å². The molecule has 0 heterocycles. The predicted octanol–water partition coefficient (Wildman–Crippen LogP) is 6.23. The first-order chi connectivity index (χ1) is 8.22. The van der Waals surface area contributed by atoms with Crippen LogP contribution >= 0.6 is 25.8 Å². The molecule has 1 unspecified atom stereocenters. The van der Waals surface area contributed by atoms with Crippen molar-refractivity contribution in [1.82, 2.24) is 0 Å². The molecule has 0 rings (SSSR count). The minimum atomic E-state index is 0.0417. The molecule has 0 fully saturated rings. The Hall–Kier alpha value is 1.25. The van der Waals surface area contributed by atoms with Crippen molar-refractivity contribution in [2.45, 2.75) is 58.3 Å². The van der Waals surface area contributed by atoms with E-state index in [-0.39, 0.29) is 16.0 Å². The molecule has 0 aliphatic rings. The maximum absolute atomic E-state index is 3.85. The van der Waals surface area contributed by atoms with Crippen molar-refractivity contribution >= 4 is 41.8 Å². The van der Waals surface area contributed by atoms with Gasteiger partial charge in [0, 0.05) is 0 Å². The first-order valence-corrected chi connectivity index (χ1v) is 14.3. The second-order valence-electron chi connectivity index (χ2n) is 4.21. The summed E-state index contributed by atoms with van der Waals surface area (Å²) in [5.74, 6) is 0.660. The Bertz CT molecular complexity index is 177. The molecule has 17 heavy (non-hydrogen) atoms. The molecule has 0 amide bonds. The number of hydrogen-bond acceptors (Lipinski definition) is 0. The summed E-state index contributed by atoms with van der Waals surface area (Å²) >= 11 is 6.44. The number of halogens is 2. The van der Waals surface area contributed by atoms with Crippen LogP contribution in [0, 0.1) is 12.8 Å². The van der Waals surface area contributed by atoms with Crippen molar-refractivity contribution in [2.24, 2.45) is 5.92 Å². The van der Waals surface area contributed by atoms with Crippen LogP contribution in [0.5, 0.6) is 0 Å². The largest absolute Gasteiger partial charge is 0.560 e. The SMILES string of the molecule is [Br][Mg][Br].[CH2]CCCCCCCCC(C)C=C=C. The number of hydrogen-bond donors (Lipinski definition) is 0. The zero-order valence-corrected chi connectivity index (χ0v) is 15.8. The van der Waals surface area contributed by atoms with E-state index in [0.717, 1.165) is 6.42 Å². The third-order valence-corrected chi connectivity index (χ3v) is 2.56. The Morgan fingerprint density at radius 3 is 2.06 bits per heavy atom. The van der Waals surface area contributed by atoms with E-state index in [1.165, 1.54) is 44.9 Å². The summed E-state index contributed by atoms with van der Waals surface area (Å²) in [4.78, 5) is 0. The van der Waals surface area contributed by atoms with Gasteiger partial charge in [-0.2, -0.15) is 0 Å². The molecule has 1 atom stereocenters. The molecule has 0 nitrogen and oxygen atoms in total. The summed E-state index contributed by atoms with van der Waals surface area (Å²) in [6.07, 6.45) is 12.6. The summed E-state index contributed by atoms with van der Waals surface area (Å²) in [6.45, 7) is 9.68. The Morgan fingerprint density at radius 2 is 1.59 bits per heavy atom. The van der Waals surface area contributed by atoms with E-state index in [2.05, 4.69) is 58.0 Å². The molecule has 1 radical (unpaired) electrons. The monoisotopic (exact) mass is 375 g/mol. The highest BCUT2D eigenvalue weighted by Gasteiger charge is 1.96. The second kappa shape index (κ2) is 19.6. The summed E-state index contributed by atoms with van der Waals surface area (Å²) in [7, 11) is 0. The molecule has 0 saturated heterocycles. The molecule has 0 spiro atoms. The number of unbranched alkanes of at least 4 members (excludes halogenated alkanes) is 6. The van der Waals surface area contributed by atoms with Gasteiger partial charge in [0.05, 0.1) is 0 Å². The Morgan fingerprint density at radius 1 is 1.12 bits per heavy atom. The van der Waals surface area contributed by atoms with Crippen LogP contribution in [0.15, 0.2) is 18.4 Å². The lowest BCUT2D eigenvalue weighted by molar-refractivity contribution is 0.540. The van der Waals surface area contributed by atoms with Crippen molar-refractivity contribution < 1.29 is 0 Å². The smallest absolute Gasteiger partial charge is 0.280 e. The quantitative estimate of drug-likeness (QED) is 0.254. The van der Waals surface area contributed by atoms with E-state index >= 15 is 0 Å². The third kappa shape index (κ3) is 22.8. The van der Waals surface area contributed by atoms with Crippen LogP contribution < -0.4 is 0 Å². The van der Waals surface area contributed by atoms with Crippen LogP contribution in [-0.2, 0) is 0 Å². The molecule has 97 valence electrons. The molecule has 0 aromatic rings. The second-order valence-corrected chi connectivity index (χ2v) is 12.3. The van der Waals surface area contributed by atoms with Crippen LogP contribution in [-0.4, -0.2) is 16.0 Å². The lowest BCUT2D eigenvalue weighted by atomic mass is 10.0. The molecule has 0 aliphatic heterocycles. The van der Waals surface area contributed by atoms with Crippen LogP contribution in [0.25, 0.3) is 0 Å². The van der Waals surface area contributed by atoms with Crippen molar-refractivity contribution in [1.29, 1.82) is 0 Å². The van der Waals surface area contributed by atoms with Gasteiger partial charge in [-0.25, -0.2) is 0 Å². The highest BCUT2D eigenvalue weighted by molar-refractivity contribution is 9.47. The van der Waals surface area contributed by atoms with E-state index in [1.807, 2.05) is 0 Å². The van der Waals surface area contributed by atoms with Gasteiger partial charge in [0.1, 0.15) is 0 Å². The summed E-state index contributed by atoms with van der Waals surface area (Å²) in [6, 6.07) is 0. The van der Waals surface area contributed by atoms with E-state index in [1.54, 1.807) is 0 Å². The first kappa shape index (κ1) is 20.6. The van der Waals surface area contributed by atoms with Gasteiger partial charge in [0.2, 0.25) is 0 Å². The van der Waals surface area contributed by atoms with Crippen LogP contribution in [0.1, 0.15) is 58.3 Å². The zero-order valence-electron chi connectivity index (χ0n) is 11.2. The molecule has 0 aromatic heterocycles. The van der Waals surface area contributed by atoms with Gasteiger partial charge in [-0.15, -0.1) is 5.73 Å². The van der Waals surface area contributed by atoms with Gasteiger partial charge in [0.25, 0.3) is 0 Å². The van der Waals surface area contributed by atoms with Gasteiger partial charge in [-0.05, 0) is 18.4 Å². The number of allylic oxidation sites excluding steroid dienone is 1. The van der Waals surface area contributed by atoms with Gasteiger partial charge in [-0.3, -0.25) is 25.8 Å². The fourth-order valence-corrected chi connectivity index (χ4v) is 1.63. The summed E-state index contributed by atoms with van der Waals surface area (Å²) in [5.41, 5.74) is 2.85. The molecule has 0 bridgehead atoms. The topological polar surface area (TPSA) is 0 Å². The van der Waals surface area contributed by atoms with Crippen molar-refractivity contribution in [3.05, 3.63) is 25.3 Å². The maximum atomic E-state index is 3.85. The fourth-order valence-electron chi connectivity index (χ4n) is 1.63. The zero-order chi connectivity index (χ0) is 13.4. The molecular weight excluding hydrogens is 352 g/mol. The highest BCUT2D eigenvalue weighted by atomic mass is 79.9. The van der Waals surface area contributed by atoms with E-state index in [0.29, 0.717) is 5.92 Å². The lowest BCUT2D eigenvalue weighted by Gasteiger charge is -2.04. The molecule has 0 saturated carbocycles. The van der Waals surface area contributed by atoms with Gasteiger partial charge >= 0.3 is 16.0 Å². The van der Waals surface area contributed by atoms with Crippen molar-refractivity contribution in [3.8, 4) is 0 Å². The fraction of sp³-hybridized carbons (Fsp3) is 0.714. The first-order valence-electron chi connectivity index (χ1n) is 6.50. The summed E-state index contributed by atoms with van der Waals surface area (Å²) in [5, 5.41) is 0. The molecule has 0 aliphatic carbocycles. The van der Waals surface area contributed by atoms with Gasteiger partial charge in [-0.1, -0.05) is 65.4 Å². The summed E-state index contributed by atoms with van der Waals surface area (Å²) < 4.78 is 0.